The van der Waals surface area contributed by atoms with Gasteiger partial charge in [-0.25, -0.2) is 9.48 Å². The minimum absolute atomic E-state index is 0.124. The van der Waals surface area contributed by atoms with Crippen LogP contribution in [0.25, 0.3) is 10.9 Å². The van der Waals surface area contributed by atoms with Gasteiger partial charge in [0.2, 0.25) is 11.8 Å². The van der Waals surface area contributed by atoms with Crippen LogP contribution in [0.2, 0.25) is 10.0 Å². The highest BCUT2D eigenvalue weighted by molar-refractivity contribution is 9.10. The molecule has 1 atom stereocenters. The second-order valence-corrected chi connectivity index (χ2v) is 6.90. The number of benzene rings is 1. The van der Waals surface area contributed by atoms with E-state index in [4.69, 9.17) is 27.9 Å². The molecule has 0 radical (unpaired) electrons. The van der Waals surface area contributed by atoms with E-state index in [2.05, 4.69) is 26.0 Å². The number of aromatic nitrogens is 3. The Kier molecular flexibility index (Phi) is 5.60. The average Bonchev–Trinajstić information content (AvgIpc) is 3.06. The van der Waals surface area contributed by atoms with Gasteiger partial charge in [-0.2, -0.15) is 5.10 Å². The molecule has 2 heterocycles. The van der Waals surface area contributed by atoms with Crippen LogP contribution in [0.4, 0.5) is 0 Å². The minimum Gasteiger partial charge on any atom is -0.464 e. The lowest BCUT2D eigenvalue weighted by molar-refractivity contribution is -0.145. The van der Waals surface area contributed by atoms with Crippen molar-refractivity contribution in [2.45, 2.75) is 13.0 Å². The molecule has 134 valence electrons. The third kappa shape index (κ3) is 3.47. The summed E-state index contributed by atoms with van der Waals surface area (Å²) in [6.45, 7) is 1.78. The molecule has 0 amide bonds. The van der Waals surface area contributed by atoms with Crippen molar-refractivity contribution in [2.75, 3.05) is 6.61 Å². The van der Waals surface area contributed by atoms with E-state index in [0.29, 0.717) is 25.4 Å². The molecule has 0 spiro atoms. The van der Waals surface area contributed by atoms with Gasteiger partial charge in [0.1, 0.15) is 11.2 Å². The SMILES string of the molecule is CCOC(=O)[C@H](C(=O)c1ccccn1)n1cc2c(Cl)cc(Br)c(Cl)c2n1. The van der Waals surface area contributed by atoms with Crippen LogP contribution >= 0.6 is 39.1 Å². The van der Waals surface area contributed by atoms with Crippen molar-refractivity contribution in [2.24, 2.45) is 0 Å². The molecule has 0 fully saturated rings. The normalized spacial score (nSPS) is 12.2. The molecule has 3 rings (SSSR count). The second kappa shape index (κ2) is 7.73. The van der Waals surface area contributed by atoms with Crippen LogP contribution in [-0.4, -0.2) is 33.1 Å². The number of hydrogen-bond donors (Lipinski definition) is 0. The summed E-state index contributed by atoms with van der Waals surface area (Å²) in [6, 6.07) is 5.15. The molecule has 0 aliphatic carbocycles. The van der Waals surface area contributed by atoms with Crippen LogP contribution < -0.4 is 0 Å². The van der Waals surface area contributed by atoms with Crippen molar-refractivity contribution < 1.29 is 14.3 Å². The van der Waals surface area contributed by atoms with Gasteiger partial charge in [0, 0.05) is 22.3 Å². The van der Waals surface area contributed by atoms with E-state index in [1.54, 1.807) is 25.1 Å². The fourth-order valence-corrected chi connectivity index (χ4v) is 3.42. The van der Waals surface area contributed by atoms with Gasteiger partial charge in [-0.15, -0.1) is 0 Å². The van der Waals surface area contributed by atoms with Crippen molar-refractivity contribution in [3.63, 3.8) is 0 Å². The topological polar surface area (TPSA) is 74.1 Å². The van der Waals surface area contributed by atoms with Crippen molar-refractivity contribution in [3.8, 4) is 0 Å². The van der Waals surface area contributed by atoms with E-state index in [1.165, 1.54) is 23.1 Å². The summed E-state index contributed by atoms with van der Waals surface area (Å²) in [7, 11) is 0. The van der Waals surface area contributed by atoms with Gasteiger partial charge in [0.15, 0.2) is 0 Å². The Morgan fingerprint density at radius 1 is 1.35 bits per heavy atom. The van der Waals surface area contributed by atoms with Gasteiger partial charge in [-0.1, -0.05) is 29.3 Å². The molecule has 0 unspecified atom stereocenters. The fraction of sp³-hybridized carbons (Fsp3) is 0.176. The number of pyridine rings is 1. The quantitative estimate of drug-likeness (QED) is 0.245. The maximum absolute atomic E-state index is 12.9. The first-order valence-corrected chi connectivity index (χ1v) is 9.13. The van der Waals surface area contributed by atoms with E-state index in [-0.39, 0.29) is 12.3 Å². The Balaban J connectivity index is 2.15. The molecule has 0 bridgehead atoms. The number of rotatable bonds is 5. The third-order valence-corrected chi connectivity index (χ3v) is 5.15. The molecule has 6 nitrogen and oxygen atoms in total. The van der Waals surface area contributed by atoms with Gasteiger partial charge in [0.05, 0.1) is 16.7 Å². The van der Waals surface area contributed by atoms with Crippen LogP contribution in [0, 0.1) is 0 Å². The Morgan fingerprint density at radius 2 is 2.12 bits per heavy atom. The highest BCUT2D eigenvalue weighted by atomic mass is 79.9. The van der Waals surface area contributed by atoms with E-state index in [0.717, 1.165) is 0 Å². The lowest BCUT2D eigenvalue weighted by Crippen LogP contribution is -2.30. The molecule has 0 aliphatic heterocycles. The zero-order valence-electron chi connectivity index (χ0n) is 13.4. The first kappa shape index (κ1) is 18.8. The highest BCUT2D eigenvalue weighted by Gasteiger charge is 2.33. The van der Waals surface area contributed by atoms with Crippen LogP contribution in [0.3, 0.4) is 0 Å². The first-order valence-electron chi connectivity index (χ1n) is 7.58. The molecule has 0 N–H and O–H groups in total. The third-order valence-electron chi connectivity index (χ3n) is 3.60. The van der Waals surface area contributed by atoms with E-state index in [9.17, 15) is 9.59 Å². The monoisotopic (exact) mass is 455 g/mol. The molecule has 0 saturated heterocycles. The number of esters is 1. The molecule has 1 aromatic carbocycles. The summed E-state index contributed by atoms with van der Waals surface area (Å²) in [4.78, 5) is 29.4. The number of ketones is 1. The average molecular weight is 457 g/mol. The zero-order chi connectivity index (χ0) is 18.8. The number of Topliss-reactive ketones (excluding diaryl/α,β-unsaturated/α-hetero) is 1. The van der Waals surface area contributed by atoms with Crippen LogP contribution in [-0.2, 0) is 9.53 Å². The summed E-state index contributed by atoms with van der Waals surface area (Å²) < 4.78 is 6.83. The number of fused-ring (bicyclic) bond motifs is 1. The molecular formula is C17H12BrCl2N3O3. The summed E-state index contributed by atoms with van der Waals surface area (Å²) in [6.07, 6.45) is 2.97. The standard InChI is InChI=1S/C17H12BrCl2N3O3/c1-2-26-17(25)15(16(24)12-5-3-4-6-21-12)23-8-9-11(19)7-10(18)13(20)14(9)22-23/h3-8,15H,2H2,1H3/t15-/m0/s1. The number of carbonyl (C=O) groups excluding carboxylic acids is 2. The van der Waals surface area contributed by atoms with Crippen molar-refractivity contribution >= 4 is 61.8 Å². The predicted molar refractivity (Wildman–Crippen MR) is 102 cm³/mol. The van der Waals surface area contributed by atoms with Gasteiger partial charge >= 0.3 is 5.97 Å². The van der Waals surface area contributed by atoms with Gasteiger partial charge in [0.25, 0.3) is 0 Å². The lowest BCUT2D eigenvalue weighted by Gasteiger charge is -2.14. The molecule has 0 aliphatic rings. The molecule has 9 heteroatoms. The Labute approximate surface area is 167 Å². The van der Waals surface area contributed by atoms with Crippen molar-refractivity contribution in [1.82, 2.24) is 14.8 Å². The number of carbonyl (C=O) groups is 2. The summed E-state index contributed by atoms with van der Waals surface area (Å²) in [5.74, 6) is -1.27. The van der Waals surface area contributed by atoms with Gasteiger partial charge in [-0.05, 0) is 41.1 Å². The summed E-state index contributed by atoms with van der Waals surface area (Å²) >= 11 is 15.8. The van der Waals surface area contributed by atoms with Gasteiger partial charge in [-0.3, -0.25) is 9.78 Å². The molecular weight excluding hydrogens is 445 g/mol. The van der Waals surface area contributed by atoms with Crippen LogP contribution in [0.5, 0.6) is 0 Å². The lowest BCUT2D eigenvalue weighted by atomic mass is 10.1. The Hall–Kier alpha value is -1.96. The van der Waals surface area contributed by atoms with E-state index >= 15 is 0 Å². The highest BCUT2D eigenvalue weighted by Crippen LogP contribution is 2.36. The number of hydrogen-bond acceptors (Lipinski definition) is 5. The van der Waals surface area contributed by atoms with Crippen LogP contribution in [0.15, 0.2) is 41.1 Å². The number of halogens is 3. The van der Waals surface area contributed by atoms with Gasteiger partial charge < -0.3 is 4.74 Å². The predicted octanol–water partition coefficient (Wildman–Crippen LogP) is 4.49. The van der Waals surface area contributed by atoms with Crippen LogP contribution in [0.1, 0.15) is 23.5 Å². The van der Waals surface area contributed by atoms with E-state index < -0.39 is 17.8 Å². The molecule has 26 heavy (non-hydrogen) atoms. The molecule has 3 aromatic rings. The smallest absolute Gasteiger partial charge is 0.339 e. The second-order valence-electron chi connectivity index (χ2n) is 5.26. The largest absolute Gasteiger partial charge is 0.464 e. The van der Waals surface area contributed by atoms with Crippen molar-refractivity contribution in [3.05, 3.63) is 56.9 Å². The molecule has 0 saturated carbocycles. The maximum Gasteiger partial charge on any atom is 0.339 e. The number of ether oxygens (including phenoxy) is 1. The maximum atomic E-state index is 12.9. The minimum atomic E-state index is -1.33. The summed E-state index contributed by atoms with van der Waals surface area (Å²) in [5, 5.41) is 5.54. The molecule has 2 aromatic heterocycles. The Morgan fingerprint density at radius 3 is 2.77 bits per heavy atom. The van der Waals surface area contributed by atoms with E-state index in [1.807, 2.05) is 0 Å². The Bertz CT molecular complexity index is 992. The first-order chi connectivity index (χ1) is 12.4. The summed E-state index contributed by atoms with van der Waals surface area (Å²) in [5.41, 5.74) is 0.498. The zero-order valence-corrected chi connectivity index (χ0v) is 16.5. The fourth-order valence-electron chi connectivity index (χ4n) is 2.43. The van der Waals surface area contributed by atoms with Crippen molar-refractivity contribution in [1.29, 1.82) is 0 Å². The number of nitrogens with zero attached hydrogens (tertiary/aromatic N) is 3.